The van der Waals surface area contributed by atoms with Gasteiger partial charge in [0.1, 0.15) is 0 Å². The Hall–Kier alpha value is -0.340. The molecule has 0 aromatic carbocycles. The van der Waals surface area contributed by atoms with E-state index in [-0.39, 0.29) is 0 Å². The highest BCUT2D eigenvalue weighted by Crippen LogP contribution is 2.22. The predicted molar refractivity (Wildman–Crippen MR) is 74.1 cm³/mol. The van der Waals surface area contributed by atoms with Crippen molar-refractivity contribution in [1.82, 2.24) is 5.32 Å². The van der Waals surface area contributed by atoms with Crippen LogP contribution in [0.3, 0.4) is 0 Å². The Morgan fingerprint density at radius 3 is 2.69 bits per heavy atom. The summed E-state index contributed by atoms with van der Waals surface area (Å²) in [4.78, 5) is 0. The fourth-order valence-electron chi connectivity index (χ4n) is 1.71. The zero-order chi connectivity index (χ0) is 12.0. The second kappa shape index (κ2) is 6.41. The summed E-state index contributed by atoms with van der Waals surface area (Å²) in [6.45, 7) is 11.5. The van der Waals surface area contributed by atoms with Gasteiger partial charge in [0.2, 0.25) is 0 Å². The van der Waals surface area contributed by atoms with Gasteiger partial charge in [0, 0.05) is 6.54 Å². The summed E-state index contributed by atoms with van der Waals surface area (Å²) in [5, 5.41) is 7.99. The zero-order valence-corrected chi connectivity index (χ0v) is 11.9. The summed E-state index contributed by atoms with van der Waals surface area (Å²) in [5.74, 6) is 0.743. The number of aryl methyl sites for hydroxylation is 1. The van der Waals surface area contributed by atoms with Crippen LogP contribution < -0.4 is 5.32 Å². The number of hydrogen-bond acceptors (Lipinski definition) is 2. The minimum absolute atomic E-state index is 0.400. The lowest BCUT2D eigenvalue weighted by molar-refractivity contribution is 0.308. The van der Waals surface area contributed by atoms with Gasteiger partial charge in [0.05, 0.1) is 0 Å². The maximum Gasteiger partial charge on any atom is 0.000274 e. The highest BCUT2D eigenvalue weighted by atomic mass is 32.1. The van der Waals surface area contributed by atoms with E-state index in [1.165, 1.54) is 18.4 Å². The van der Waals surface area contributed by atoms with Crippen molar-refractivity contribution in [2.75, 3.05) is 13.1 Å². The third-order valence-corrected chi connectivity index (χ3v) is 3.56. The Labute approximate surface area is 104 Å². The summed E-state index contributed by atoms with van der Waals surface area (Å²) in [7, 11) is 0. The Morgan fingerprint density at radius 2 is 2.12 bits per heavy atom. The third-order valence-electron chi connectivity index (χ3n) is 2.83. The summed E-state index contributed by atoms with van der Waals surface area (Å²) in [6.07, 6.45) is 2.47. The maximum absolute atomic E-state index is 3.56. The van der Waals surface area contributed by atoms with Gasteiger partial charge in [-0.05, 0) is 53.1 Å². The summed E-state index contributed by atoms with van der Waals surface area (Å²) in [6, 6.07) is 2.24. The van der Waals surface area contributed by atoms with E-state index in [0.717, 1.165) is 19.0 Å². The summed E-state index contributed by atoms with van der Waals surface area (Å²) in [5.41, 5.74) is 1.89. The molecule has 1 aromatic heterocycles. The van der Waals surface area contributed by atoms with Crippen molar-refractivity contribution in [1.29, 1.82) is 0 Å². The lowest BCUT2D eigenvalue weighted by Crippen LogP contribution is -2.32. The smallest absolute Gasteiger partial charge is 0.000274 e. The lowest BCUT2D eigenvalue weighted by atomic mass is 9.86. The fourth-order valence-corrected chi connectivity index (χ4v) is 2.41. The van der Waals surface area contributed by atoms with Crippen LogP contribution in [0, 0.1) is 11.3 Å². The van der Waals surface area contributed by atoms with E-state index in [1.54, 1.807) is 11.3 Å². The Kier molecular flexibility index (Phi) is 5.50. The fraction of sp³-hybridized carbons (Fsp3) is 0.714. The minimum atomic E-state index is 0.400. The molecule has 0 spiro atoms. The molecule has 1 N–H and O–H groups in total. The molecule has 0 saturated heterocycles. The lowest BCUT2D eigenvalue weighted by Gasteiger charge is -2.25. The molecule has 1 heterocycles. The normalized spacial score (nSPS) is 12.3. The van der Waals surface area contributed by atoms with Crippen molar-refractivity contribution in [2.24, 2.45) is 11.3 Å². The van der Waals surface area contributed by atoms with Crippen molar-refractivity contribution >= 4 is 11.3 Å². The summed E-state index contributed by atoms with van der Waals surface area (Å²) < 4.78 is 0. The van der Waals surface area contributed by atoms with E-state index in [0.29, 0.717) is 5.41 Å². The van der Waals surface area contributed by atoms with Crippen LogP contribution in [0.1, 0.15) is 39.7 Å². The van der Waals surface area contributed by atoms with Gasteiger partial charge in [0.15, 0.2) is 0 Å². The van der Waals surface area contributed by atoms with Crippen molar-refractivity contribution in [3.63, 3.8) is 0 Å². The van der Waals surface area contributed by atoms with Crippen LogP contribution in [-0.2, 0) is 6.42 Å². The average molecular weight is 239 g/mol. The third kappa shape index (κ3) is 5.66. The second-order valence-electron chi connectivity index (χ2n) is 5.82. The molecule has 0 radical (unpaired) electrons. The number of thiophene rings is 1. The molecular weight excluding hydrogens is 214 g/mol. The average Bonchev–Trinajstić information content (AvgIpc) is 2.66. The van der Waals surface area contributed by atoms with Gasteiger partial charge in [-0.1, -0.05) is 27.7 Å². The molecule has 0 aliphatic heterocycles. The first-order chi connectivity index (χ1) is 7.49. The van der Waals surface area contributed by atoms with Crippen LogP contribution in [0.4, 0.5) is 0 Å². The molecule has 0 aliphatic rings. The van der Waals surface area contributed by atoms with E-state index in [1.807, 2.05) is 0 Å². The molecule has 1 nitrogen and oxygen atoms in total. The first kappa shape index (κ1) is 13.7. The molecular formula is C14H25NS. The van der Waals surface area contributed by atoms with Crippen molar-refractivity contribution in [3.8, 4) is 0 Å². The molecule has 16 heavy (non-hydrogen) atoms. The van der Waals surface area contributed by atoms with Crippen LogP contribution in [0.5, 0.6) is 0 Å². The van der Waals surface area contributed by atoms with Gasteiger partial charge in [-0.15, -0.1) is 0 Å². The first-order valence-electron chi connectivity index (χ1n) is 6.21. The Bertz CT molecular complexity index is 275. The van der Waals surface area contributed by atoms with E-state index in [9.17, 15) is 0 Å². The molecule has 0 fully saturated rings. The standard InChI is InChI=1S/C14H25NS/c1-12(2)9-15-11-14(3,4)7-5-13-6-8-16-10-13/h6,8,10,12,15H,5,7,9,11H2,1-4H3. The SMILES string of the molecule is CC(C)CNCC(C)(C)CCc1ccsc1. The van der Waals surface area contributed by atoms with Crippen LogP contribution in [-0.4, -0.2) is 13.1 Å². The topological polar surface area (TPSA) is 12.0 Å². The highest BCUT2D eigenvalue weighted by Gasteiger charge is 2.17. The van der Waals surface area contributed by atoms with Gasteiger partial charge in [-0.3, -0.25) is 0 Å². The molecule has 0 saturated carbocycles. The number of hydrogen-bond donors (Lipinski definition) is 1. The van der Waals surface area contributed by atoms with Crippen LogP contribution in [0.2, 0.25) is 0 Å². The molecule has 0 amide bonds. The molecule has 2 heteroatoms. The molecule has 0 unspecified atom stereocenters. The van der Waals surface area contributed by atoms with Crippen molar-refractivity contribution in [3.05, 3.63) is 22.4 Å². The monoisotopic (exact) mass is 239 g/mol. The van der Waals surface area contributed by atoms with Crippen molar-refractivity contribution < 1.29 is 0 Å². The first-order valence-corrected chi connectivity index (χ1v) is 7.16. The van der Waals surface area contributed by atoms with Gasteiger partial charge in [-0.2, -0.15) is 11.3 Å². The molecule has 1 aromatic rings. The second-order valence-corrected chi connectivity index (χ2v) is 6.60. The van der Waals surface area contributed by atoms with Crippen molar-refractivity contribution in [2.45, 2.75) is 40.5 Å². The van der Waals surface area contributed by atoms with E-state index >= 15 is 0 Å². The molecule has 0 aliphatic carbocycles. The maximum atomic E-state index is 3.56. The largest absolute Gasteiger partial charge is 0.316 e. The van der Waals surface area contributed by atoms with Gasteiger partial charge < -0.3 is 5.32 Å². The molecule has 0 bridgehead atoms. The van der Waals surface area contributed by atoms with E-state index < -0.39 is 0 Å². The Morgan fingerprint density at radius 1 is 1.38 bits per heavy atom. The molecule has 1 rings (SSSR count). The van der Waals surface area contributed by atoms with Gasteiger partial charge in [-0.25, -0.2) is 0 Å². The van der Waals surface area contributed by atoms with E-state index in [2.05, 4.69) is 49.8 Å². The number of rotatable bonds is 7. The number of nitrogens with one attached hydrogen (secondary N) is 1. The predicted octanol–water partition coefficient (Wildman–Crippen LogP) is 3.95. The van der Waals surface area contributed by atoms with Crippen LogP contribution in [0.25, 0.3) is 0 Å². The van der Waals surface area contributed by atoms with Gasteiger partial charge in [0.25, 0.3) is 0 Å². The van der Waals surface area contributed by atoms with Crippen LogP contribution >= 0.6 is 11.3 Å². The zero-order valence-electron chi connectivity index (χ0n) is 11.0. The van der Waals surface area contributed by atoms with E-state index in [4.69, 9.17) is 0 Å². The minimum Gasteiger partial charge on any atom is -0.316 e. The summed E-state index contributed by atoms with van der Waals surface area (Å²) >= 11 is 1.80. The molecule has 92 valence electrons. The quantitative estimate of drug-likeness (QED) is 0.759. The Balaban J connectivity index is 2.23. The highest BCUT2D eigenvalue weighted by molar-refractivity contribution is 7.07. The molecule has 0 atom stereocenters. The van der Waals surface area contributed by atoms with Gasteiger partial charge >= 0.3 is 0 Å². The van der Waals surface area contributed by atoms with Crippen LogP contribution in [0.15, 0.2) is 16.8 Å².